The van der Waals surface area contributed by atoms with E-state index < -0.39 is 30.5 Å². The number of hydrogen-bond acceptors (Lipinski definition) is 2. The van der Waals surface area contributed by atoms with Crippen LogP contribution in [-0.2, 0) is 4.79 Å². The van der Waals surface area contributed by atoms with Gasteiger partial charge in [0.15, 0.2) is 0 Å². The highest BCUT2D eigenvalue weighted by Gasteiger charge is 2.32. The quantitative estimate of drug-likeness (QED) is 0.632. The van der Waals surface area contributed by atoms with E-state index in [0.29, 0.717) is 6.42 Å². The van der Waals surface area contributed by atoms with Gasteiger partial charge in [0.1, 0.15) is 0 Å². The third-order valence-electron chi connectivity index (χ3n) is 3.67. The van der Waals surface area contributed by atoms with Crippen molar-refractivity contribution in [3.63, 3.8) is 0 Å². The fourth-order valence-corrected chi connectivity index (χ4v) is 2.54. The molecule has 0 bridgehead atoms. The van der Waals surface area contributed by atoms with Gasteiger partial charge in [-0.3, -0.25) is 4.79 Å². The molecule has 0 spiro atoms. The molecule has 1 aliphatic carbocycles. The monoisotopic (exact) mass is 310 g/mol. The Labute approximate surface area is 121 Å². The van der Waals surface area contributed by atoms with E-state index in [2.05, 4.69) is 10.6 Å². The smallest absolute Gasteiger partial charge is 0.389 e. The number of carbonyl (C=O) groups excluding carboxylic acids is 1. The van der Waals surface area contributed by atoms with E-state index >= 15 is 0 Å². The summed E-state index contributed by atoms with van der Waals surface area (Å²) >= 11 is 0. The summed E-state index contributed by atoms with van der Waals surface area (Å²) < 4.78 is 35.7. The molecular formula is C13H21F3N2O3. The fourth-order valence-electron chi connectivity index (χ4n) is 2.54. The molecule has 1 saturated carbocycles. The first-order valence-corrected chi connectivity index (χ1v) is 7.11. The number of alkyl halides is 3. The molecule has 5 nitrogen and oxygen atoms in total. The SMILES string of the molecule is O=C(NCCCCC(F)(F)F)NCC1CCCC1C(=O)O. The topological polar surface area (TPSA) is 78.4 Å². The summed E-state index contributed by atoms with van der Waals surface area (Å²) in [6, 6.07) is -0.460. The van der Waals surface area contributed by atoms with Gasteiger partial charge in [-0.05, 0) is 31.6 Å². The molecule has 2 unspecified atom stereocenters. The highest BCUT2D eigenvalue weighted by Crippen LogP contribution is 2.31. The fraction of sp³-hybridized carbons (Fsp3) is 0.846. The number of amides is 2. The van der Waals surface area contributed by atoms with E-state index in [1.54, 1.807) is 0 Å². The van der Waals surface area contributed by atoms with Crippen LogP contribution in [-0.4, -0.2) is 36.4 Å². The Morgan fingerprint density at radius 1 is 1.14 bits per heavy atom. The van der Waals surface area contributed by atoms with Crippen LogP contribution in [0.1, 0.15) is 38.5 Å². The summed E-state index contributed by atoms with van der Waals surface area (Å²) in [5.74, 6) is -1.33. The number of carbonyl (C=O) groups is 2. The number of hydrogen-bond donors (Lipinski definition) is 3. The second kappa shape index (κ2) is 8.09. The maximum Gasteiger partial charge on any atom is 0.389 e. The van der Waals surface area contributed by atoms with Gasteiger partial charge < -0.3 is 15.7 Å². The lowest BCUT2D eigenvalue weighted by atomic mass is 9.96. The molecule has 2 amide bonds. The minimum atomic E-state index is -4.16. The van der Waals surface area contributed by atoms with Crippen molar-refractivity contribution in [3.8, 4) is 0 Å². The maximum absolute atomic E-state index is 11.9. The average molecular weight is 310 g/mol. The van der Waals surface area contributed by atoms with Crippen LogP contribution in [0, 0.1) is 11.8 Å². The van der Waals surface area contributed by atoms with E-state index in [0.717, 1.165) is 12.8 Å². The zero-order valence-electron chi connectivity index (χ0n) is 11.7. The van der Waals surface area contributed by atoms with Crippen LogP contribution in [0.2, 0.25) is 0 Å². The molecule has 0 heterocycles. The van der Waals surface area contributed by atoms with Gasteiger partial charge in [-0.2, -0.15) is 13.2 Å². The normalized spacial score (nSPS) is 22.0. The number of carboxylic acids is 1. The molecule has 1 fully saturated rings. The maximum atomic E-state index is 11.9. The van der Waals surface area contributed by atoms with Crippen LogP contribution in [0.4, 0.5) is 18.0 Å². The third-order valence-corrected chi connectivity index (χ3v) is 3.67. The van der Waals surface area contributed by atoms with Gasteiger partial charge in [-0.25, -0.2) is 4.79 Å². The Morgan fingerprint density at radius 2 is 1.86 bits per heavy atom. The number of halogens is 3. The van der Waals surface area contributed by atoms with Gasteiger partial charge in [-0.1, -0.05) is 6.42 Å². The van der Waals surface area contributed by atoms with Crippen molar-refractivity contribution in [3.05, 3.63) is 0 Å². The van der Waals surface area contributed by atoms with Crippen molar-refractivity contribution in [1.29, 1.82) is 0 Å². The minimum absolute atomic E-state index is 0.0203. The lowest BCUT2D eigenvalue weighted by Crippen LogP contribution is -2.40. The highest BCUT2D eigenvalue weighted by molar-refractivity contribution is 5.74. The van der Waals surface area contributed by atoms with Gasteiger partial charge in [0.2, 0.25) is 0 Å². The van der Waals surface area contributed by atoms with Gasteiger partial charge in [0, 0.05) is 19.5 Å². The zero-order chi connectivity index (χ0) is 15.9. The van der Waals surface area contributed by atoms with E-state index in [9.17, 15) is 22.8 Å². The average Bonchev–Trinajstić information content (AvgIpc) is 2.83. The Kier molecular flexibility index (Phi) is 6.77. The molecule has 122 valence electrons. The predicted octanol–water partition coefficient (Wildman–Crippen LogP) is 2.52. The van der Waals surface area contributed by atoms with Crippen molar-refractivity contribution >= 4 is 12.0 Å². The van der Waals surface area contributed by atoms with E-state index in [1.807, 2.05) is 0 Å². The zero-order valence-corrected chi connectivity index (χ0v) is 11.7. The number of aliphatic carboxylic acids is 1. The molecule has 0 aliphatic heterocycles. The molecule has 0 aromatic heterocycles. The third kappa shape index (κ3) is 7.19. The number of nitrogens with one attached hydrogen (secondary N) is 2. The molecule has 8 heteroatoms. The van der Waals surface area contributed by atoms with Crippen molar-refractivity contribution in [2.45, 2.75) is 44.7 Å². The van der Waals surface area contributed by atoms with Gasteiger partial charge >= 0.3 is 18.2 Å². The van der Waals surface area contributed by atoms with E-state index in [4.69, 9.17) is 5.11 Å². The molecule has 21 heavy (non-hydrogen) atoms. The summed E-state index contributed by atoms with van der Waals surface area (Å²) in [5.41, 5.74) is 0. The summed E-state index contributed by atoms with van der Waals surface area (Å²) in [7, 11) is 0. The van der Waals surface area contributed by atoms with Gasteiger partial charge in [0.25, 0.3) is 0 Å². The van der Waals surface area contributed by atoms with Crippen molar-refractivity contribution in [2.75, 3.05) is 13.1 Å². The van der Waals surface area contributed by atoms with Crippen LogP contribution in [0.25, 0.3) is 0 Å². The van der Waals surface area contributed by atoms with Crippen molar-refractivity contribution in [1.82, 2.24) is 10.6 Å². The highest BCUT2D eigenvalue weighted by atomic mass is 19.4. The molecule has 1 aliphatic rings. The number of carboxylic acid groups (broad SMARTS) is 1. The Morgan fingerprint density at radius 3 is 2.48 bits per heavy atom. The Hall–Kier alpha value is -1.47. The predicted molar refractivity (Wildman–Crippen MR) is 69.8 cm³/mol. The molecule has 0 radical (unpaired) electrons. The van der Waals surface area contributed by atoms with Crippen LogP contribution in [0.5, 0.6) is 0 Å². The molecular weight excluding hydrogens is 289 g/mol. The van der Waals surface area contributed by atoms with Crippen LogP contribution >= 0.6 is 0 Å². The summed E-state index contributed by atoms with van der Waals surface area (Å²) in [6.45, 7) is 0.459. The molecule has 0 saturated heterocycles. The first kappa shape index (κ1) is 17.6. The lowest BCUT2D eigenvalue weighted by molar-refractivity contribution is -0.143. The number of rotatable bonds is 7. The first-order chi connectivity index (χ1) is 9.79. The van der Waals surface area contributed by atoms with E-state index in [-0.39, 0.29) is 31.8 Å². The first-order valence-electron chi connectivity index (χ1n) is 7.11. The van der Waals surface area contributed by atoms with Crippen LogP contribution in [0.15, 0.2) is 0 Å². The number of unbranched alkanes of at least 4 members (excludes halogenated alkanes) is 1. The summed E-state index contributed by atoms with van der Waals surface area (Å²) in [5, 5.41) is 14.0. The summed E-state index contributed by atoms with van der Waals surface area (Å²) in [4.78, 5) is 22.4. The molecule has 2 atom stereocenters. The Balaban J connectivity index is 2.10. The Bertz CT molecular complexity index is 361. The second-order valence-corrected chi connectivity index (χ2v) is 5.34. The largest absolute Gasteiger partial charge is 0.481 e. The molecule has 0 aromatic carbocycles. The van der Waals surface area contributed by atoms with Crippen molar-refractivity contribution < 1.29 is 27.9 Å². The second-order valence-electron chi connectivity index (χ2n) is 5.34. The standard InChI is InChI=1S/C13H21F3N2O3/c14-13(15,16)6-1-2-7-17-12(21)18-8-9-4-3-5-10(9)11(19)20/h9-10H,1-8H2,(H,19,20)(H2,17,18,21). The minimum Gasteiger partial charge on any atom is -0.481 e. The number of urea groups is 1. The molecule has 0 aromatic rings. The molecule has 1 rings (SSSR count). The van der Waals surface area contributed by atoms with Crippen molar-refractivity contribution in [2.24, 2.45) is 11.8 Å². The van der Waals surface area contributed by atoms with Gasteiger partial charge in [0.05, 0.1) is 5.92 Å². The van der Waals surface area contributed by atoms with E-state index in [1.165, 1.54) is 0 Å². The summed E-state index contributed by atoms with van der Waals surface area (Å²) in [6.07, 6.45) is -2.54. The van der Waals surface area contributed by atoms with Gasteiger partial charge in [-0.15, -0.1) is 0 Å². The van der Waals surface area contributed by atoms with Crippen LogP contribution in [0.3, 0.4) is 0 Å². The van der Waals surface area contributed by atoms with Crippen LogP contribution < -0.4 is 10.6 Å². The lowest BCUT2D eigenvalue weighted by Gasteiger charge is -2.16. The molecule has 3 N–H and O–H groups in total.